The number of aldehydes is 1. The second-order valence-corrected chi connectivity index (χ2v) is 6.52. The molecule has 0 saturated carbocycles. The molecule has 1 aromatic carbocycles. The van der Waals surface area contributed by atoms with E-state index in [1.165, 1.54) is 12.1 Å². The lowest BCUT2D eigenvalue weighted by Gasteiger charge is -2.07. The van der Waals surface area contributed by atoms with Crippen LogP contribution < -0.4 is 0 Å². The summed E-state index contributed by atoms with van der Waals surface area (Å²) in [5.74, 6) is -2.18. The molecule has 1 heterocycles. The Hall–Kier alpha value is -2.74. The standard InChI is InChI=1S/C15H13NO6S/c1-10-3-5-13(6-4-10)23(20,21)16-8-11(7-12(16)9-17)14(18)15(19)22-2/h3-9H,1-2H3. The fraction of sp³-hybridized carbons (Fsp3) is 0.133. The van der Waals surface area contributed by atoms with Crippen molar-refractivity contribution in [1.82, 2.24) is 3.97 Å². The van der Waals surface area contributed by atoms with Gasteiger partial charge in [0.1, 0.15) is 0 Å². The predicted octanol–water partition coefficient (Wildman–Crippen LogP) is 1.20. The number of ether oxygens (including phenoxy) is 1. The number of hydrogen-bond donors (Lipinski definition) is 0. The Morgan fingerprint density at radius 2 is 1.78 bits per heavy atom. The number of carbonyl (C=O) groups is 3. The van der Waals surface area contributed by atoms with Gasteiger partial charge in [-0.2, -0.15) is 0 Å². The van der Waals surface area contributed by atoms with E-state index < -0.39 is 21.8 Å². The van der Waals surface area contributed by atoms with E-state index >= 15 is 0 Å². The minimum absolute atomic E-state index is 0.0427. The van der Waals surface area contributed by atoms with Gasteiger partial charge >= 0.3 is 5.97 Å². The van der Waals surface area contributed by atoms with Crippen molar-refractivity contribution in [2.45, 2.75) is 11.8 Å². The molecular weight excluding hydrogens is 322 g/mol. The van der Waals surface area contributed by atoms with Crippen LogP contribution in [0.1, 0.15) is 26.4 Å². The fourth-order valence-electron chi connectivity index (χ4n) is 1.91. The highest BCUT2D eigenvalue weighted by Crippen LogP contribution is 2.19. The van der Waals surface area contributed by atoms with Crippen LogP contribution in [0, 0.1) is 6.92 Å². The first-order valence-electron chi connectivity index (χ1n) is 6.43. The Labute approximate surface area is 132 Å². The number of benzene rings is 1. The first-order chi connectivity index (χ1) is 10.8. The molecule has 0 N–H and O–H groups in total. The fourth-order valence-corrected chi connectivity index (χ4v) is 3.25. The zero-order valence-corrected chi connectivity index (χ0v) is 13.2. The first-order valence-corrected chi connectivity index (χ1v) is 7.87. The second-order valence-electron chi connectivity index (χ2n) is 4.71. The van der Waals surface area contributed by atoms with Gasteiger partial charge in [-0.15, -0.1) is 0 Å². The number of ketones is 1. The molecule has 23 heavy (non-hydrogen) atoms. The lowest BCUT2D eigenvalue weighted by Crippen LogP contribution is -2.16. The molecule has 0 aliphatic carbocycles. The van der Waals surface area contributed by atoms with Crippen molar-refractivity contribution in [2.75, 3.05) is 7.11 Å². The molecule has 0 aliphatic rings. The van der Waals surface area contributed by atoms with Gasteiger partial charge in [0.15, 0.2) is 6.29 Å². The molecule has 8 heteroatoms. The van der Waals surface area contributed by atoms with Crippen LogP contribution in [0.5, 0.6) is 0 Å². The van der Waals surface area contributed by atoms with Gasteiger partial charge in [-0.25, -0.2) is 17.2 Å². The quantitative estimate of drug-likeness (QED) is 0.352. The predicted molar refractivity (Wildman–Crippen MR) is 79.9 cm³/mol. The number of aryl methyl sites for hydroxylation is 1. The number of esters is 1. The maximum absolute atomic E-state index is 12.6. The topological polar surface area (TPSA) is 99.5 Å². The van der Waals surface area contributed by atoms with Gasteiger partial charge in [-0.3, -0.25) is 9.59 Å². The first kappa shape index (κ1) is 16.6. The zero-order chi connectivity index (χ0) is 17.2. The number of aromatic nitrogens is 1. The van der Waals surface area contributed by atoms with Crippen LogP contribution in [0.2, 0.25) is 0 Å². The van der Waals surface area contributed by atoms with Gasteiger partial charge in [0.05, 0.1) is 17.7 Å². The Balaban J connectivity index is 2.56. The number of Topliss-reactive ketones (excluding diaryl/α,β-unsaturated/α-hetero) is 1. The molecule has 2 rings (SSSR count). The summed E-state index contributed by atoms with van der Waals surface area (Å²) in [7, 11) is -3.03. The summed E-state index contributed by atoms with van der Waals surface area (Å²) >= 11 is 0. The normalized spacial score (nSPS) is 11.0. The molecule has 0 bridgehead atoms. The number of hydrogen-bond acceptors (Lipinski definition) is 6. The van der Waals surface area contributed by atoms with E-state index in [1.54, 1.807) is 19.1 Å². The molecular formula is C15H13NO6S. The van der Waals surface area contributed by atoms with Crippen LogP contribution in [0.3, 0.4) is 0 Å². The third-order valence-corrected chi connectivity index (χ3v) is 4.85. The Kier molecular flexibility index (Phi) is 4.46. The number of nitrogens with zero attached hydrogens (tertiary/aromatic N) is 1. The lowest BCUT2D eigenvalue weighted by atomic mass is 10.2. The summed E-state index contributed by atoms with van der Waals surface area (Å²) in [5.41, 5.74) is 0.362. The molecule has 0 amide bonds. The number of carbonyl (C=O) groups excluding carboxylic acids is 3. The smallest absolute Gasteiger partial charge is 0.379 e. The highest BCUT2D eigenvalue weighted by Gasteiger charge is 2.25. The van der Waals surface area contributed by atoms with Crippen LogP contribution in [-0.2, 0) is 19.6 Å². The van der Waals surface area contributed by atoms with Crippen LogP contribution >= 0.6 is 0 Å². The molecule has 0 aliphatic heterocycles. The van der Waals surface area contributed by atoms with Crippen molar-refractivity contribution in [3.05, 3.63) is 53.3 Å². The van der Waals surface area contributed by atoms with Gasteiger partial charge in [0.25, 0.3) is 15.8 Å². The van der Waals surface area contributed by atoms with E-state index in [1.807, 2.05) is 0 Å². The van der Waals surface area contributed by atoms with Gasteiger partial charge in [0.2, 0.25) is 0 Å². The Morgan fingerprint density at radius 3 is 2.30 bits per heavy atom. The molecule has 2 aromatic rings. The van der Waals surface area contributed by atoms with Crippen molar-refractivity contribution >= 4 is 28.1 Å². The van der Waals surface area contributed by atoms with E-state index in [-0.39, 0.29) is 16.2 Å². The molecule has 0 fully saturated rings. The second kappa shape index (κ2) is 6.17. The molecule has 0 spiro atoms. The average Bonchev–Trinajstić information content (AvgIpc) is 2.99. The maximum Gasteiger partial charge on any atom is 0.379 e. The summed E-state index contributed by atoms with van der Waals surface area (Å²) in [4.78, 5) is 34.1. The van der Waals surface area contributed by atoms with E-state index in [0.29, 0.717) is 10.3 Å². The lowest BCUT2D eigenvalue weighted by molar-refractivity contribution is -0.135. The molecule has 1 aromatic heterocycles. The third-order valence-electron chi connectivity index (χ3n) is 3.15. The molecule has 0 saturated heterocycles. The average molecular weight is 335 g/mol. The maximum atomic E-state index is 12.6. The van der Waals surface area contributed by atoms with Crippen LogP contribution in [0.4, 0.5) is 0 Å². The molecule has 120 valence electrons. The minimum atomic E-state index is -4.06. The highest BCUT2D eigenvalue weighted by molar-refractivity contribution is 7.90. The van der Waals surface area contributed by atoms with Crippen molar-refractivity contribution in [1.29, 1.82) is 0 Å². The third kappa shape index (κ3) is 3.07. The molecule has 0 radical (unpaired) electrons. The van der Waals surface area contributed by atoms with E-state index in [9.17, 15) is 22.8 Å². The monoisotopic (exact) mass is 335 g/mol. The van der Waals surface area contributed by atoms with E-state index in [2.05, 4.69) is 4.74 Å². The SMILES string of the molecule is COC(=O)C(=O)c1cc(C=O)n(S(=O)(=O)c2ccc(C)cc2)c1. The minimum Gasteiger partial charge on any atom is -0.463 e. The van der Waals surface area contributed by atoms with Crippen molar-refractivity contribution in [3.63, 3.8) is 0 Å². The summed E-state index contributed by atoms with van der Waals surface area (Å²) in [6.45, 7) is 1.80. The summed E-state index contributed by atoms with van der Waals surface area (Å²) in [6, 6.07) is 7.02. The molecule has 0 atom stereocenters. The van der Waals surface area contributed by atoms with Crippen molar-refractivity contribution < 1.29 is 27.5 Å². The molecule has 0 unspecified atom stereocenters. The van der Waals surface area contributed by atoms with E-state index in [0.717, 1.165) is 24.9 Å². The van der Waals surface area contributed by atoms with Crippen LogP contribution in [-0.4, -0.2) is 37.5 Å². The van der Waals surface area contributed by atoms with Crippen molar-refractivity contribution in [3.8, 4) is 0 Å². The number of methoxy groups -OCH3 is 1. The van der Waals surface area contributed by atoms with Gasteiger partial charge < -0.3 is 4.74 Å². The Bertz CT molecular complexity index is 877. The van der Waals surface area contributed by atoms with Gasteiger partial charge in [-0.1, -0.05) is 17.7 Å². The zero-order valence-electron chi connectivity index (χ0n) is 12.3. The summed E-state index contributed by atoms with van der Waals surface area (Å²) < 4.78 is 30.1. The number of rotatable bonds is 5. The summed E-state index contributed by atoms with van der Waals surface area (Å²) in [5, 5.41) is 0. The van der Waals surface area contributed by atoms with Gasteiger partial charge in [-0.05, 0) is 25.1 Å². The van der Waals surface area contributed by atoms with Crippen LogP contribution in [0.25, 0.3) is 0 Å². The Morgan fingerprint density at radius 1 is 1.17 bits per heavy atom. The van der Waals surface area contributed by atoms with Gasteiger partial charge in [0, 0.05) is 11.8 Å². The van der Waals surface area contributed by atoms with E-state index in [4.69, 9.17) is 0 Å². The van der Waals surface area contributed by atoms with Crippen LogP contribution in [0.15, 0.2) is 41.4 Å². The van der Waals surface area contributed by atoms with Crippen molar-refractivity contribution in [2.24, 2.45) is 0 Å². The highest BCUT2D eigenvalue weighted by atomic mass is 32.2. The largest absolute Gasteiger partial charge is 0.463 e. The molecule has 7 nitrogen and oxygen atoms in total. The summed E-state index contributed by atoms with van der Waals surface area (Å²) in [6.07, 6.45) is 1.22.